The Balaban J connectivity index is 1.68. The molecule has 0 atom stereocenters. The maximum absolute atomic E-state index is 15.1. The van der Waals surface area contributed by atoms with E-state index in [0.29, 0.717) is 11.2 Å². The number of rotatable bonds is 4. The van der Waals surface area contributed by atoms with Crippen molar-refractivity contribution < 1.29 is 31.1 Å². The van der Waals surface area contributed by atoms with Gasteiger partial charge in [0.25, 0.3) is 0 Å². The highest BCUT2D eigenvalue weighted by atomic mass is 32.2. The fourth-order valence-corrected chi connectivity index (χ4v) is 8.47. The molecule has 2 aliphatic rings. The molecule has 0 radical (unpaired) electrons. The van der Waals surface area contributed by atoms with Crippen LogP contribution in [0.1, 0.15) is 35.4 Å². The van der Waals surface area contributed by atoms with Crippen LogP contribution in [-0.2, 0) is 0 Å². The van der Waals surface area contributed by atoms with Gasteiger partial charge in [-0.1, -0.05) is 35.7 Å². The van der Waals surface area contributed by atoms with Crippen LogP contribution >= 0.6 is 46.2 Å². The molecule has 1 aromatic carbocycles. The lowest BCUT2D eigenvalue weighted by atomic mass is 9.95. The summed E-state index contributed by atoms with van der Waals surface area (Å²) in [6, 6.07) is 9.90. The van der Waals surface area contributed by atoms with Crippen LogP contribution in [0, 0.1) is 13.8 Å². The van der Waals surface area contributed by atoms with Crippen LogP contribution < -0.4 is 0 Å². The van der Waals surface area contributed by atoms with Crippen molar-refractivity contribution in [3.8, 4) is 0 Å². The number of alkyl halides is 6. The minimum atomic E-state index is -5.63. The van der Waals surface area contributed by atoms with E-state index in [4.69, 9.17) is 0 Å². The van der Waals surface area contributed by atoms with E-state index in [1.54, 1.807) is 6.08 Å². The van der Waals surface area contributed by atoms with Crippen LogP contribution in [0.2, 0.25) is 0 Å². The normalized spacial score (nSPS) is 19.8. The van der Waals surface area contributed by atoms with Gasteiger partial charge in [0.2, 0.25) is 0 Å². The van der Waals surface area contributed by atoms with Crippen molar-refractivity contribution in [2.45, 2.75) is 41.4 Å². The molecule has 11 heteroatoms. The van der Waals surface area contributed by atoms with E-state index >= 15 is 17.6 Å². The second-order valence-electron chi connectivity index (χ2n) is 7.94. The Morgan fingerprint density at radius 3 is 1.66 bits per heavy atom. The molecule has 0 fully saturated rings. The minimum Gasteiger partial charge on any atom is -0.297 e. The number of thioether (sulfide) groups is 2. The number of halogens is 6. The second-order valence-corrected chi connectivity index (χ2v) is 12.9. The van der Waals surface area contributed by atoms with Crippen molar-refractivity contribution in [1.82, 2.24) is 0 Å². The number of carbonyl (C=O) groups is 1. The first-order valence-electron chi connectivity index (χ1n) is 10.1. The zero-order valence-electron chi connectivity index (χ0n) is 17.9. The third-order valence-corrected chi connectivity index (χ3v) is 10.1. The van der Waals surface area contributed by atoms with Gasteiger partial charge in [-0.25, -0.2) is 0 Å². The molecule has 0 N–H and O–H groups in total. The Bertz CT molecular complexity index is 1400. The van der Waals surface area contributed by atoms with Gasteiger partial charge in [0, 0.05) is 35.6 Å². The first-order valence-corrected chi connectivity index (χ1v) is 13.4. The Morgan fingerprint density at radius 2 is 1.20 bits per heavy atom. The molecule has 5 rings (SSSR count). The second kappa shape index (κ2) is 8.29. The van der Waals surface area contributed by atoms with Gasteiger partial charge in [0.05, 0.1) is 9.11 Å². The fraction of sp³-hybridized carbons (Fsp3) is 0.208. The zero-order chi connectivity index (χ0) is 25.3. The molecule has 2 aromatic heterocycles. The molecular formula is C24H14F6OS4. The zero-order valence-corrected chi connectivity index (χ0v) is 21.2. The van der Waals surface area contributed by atoms with Crippen LogP contribution in [0.15, 0.2) is 50.4 Å². The summed E-state index contributed by atoms with van der Waals surface area (Å²) < 4.78 is 90.3. The summed E-state index contributed by atoms with van der Waals surface area (Å²) in [4.78, 5) is 14.0. The van der Waals surface area contributed by atoms with Crippen molar-refractivity contribution in [3.63, 3.8) is 0 Å². The maximum Gasteiger partial charge on any atom is 0.380 e. The molecule has 1 aliphatic heterocycles. The van der Waals surface area contributed by atoms with Gasteiger partial charge < -0.3 is 0 Å². The monoisotopic (exact) mass is 560 g/mol. The Kier molecular flexibility index (Phi) is 5.86. The number of fused-ring (bicyclic) bond motifs is 1. The summed E-state index contributed by atoms with van der Waals surface area (Å²) in [5, 5.41) is 0. The number of allylic oxidation sites excluding steroid dienone is 2. The van der Waals surface area contributed by atoms with Crippen molar-refractivity contribution in [1.29, 1.82) is 0 Å². The van der Waals surface area contributed by atoms with E-state index in [0.717, 1.165) is 42.8 Å². The van der Waals surface area contributed by atoms with E-state index in [2.05, 4.69) is 0 Å². The molecule has 3 aromatic rings. The van der Waals surface area contributed by atoms with E-state index in [1.165, 1.54) is 43.4 Å². The molecule has 0 amide bonds. The summed E-state index contributed by atoms with van der Waals surface area (Å²) in [7, 11) is 0. The molecular weight excluding hydrogens is 547 g/mol. The average Bonchev–Trinajstić information content (AvgIpc) is 3.48. The van der Waals surface area contributed by atoms with E-state index < -0.39 is 34.5 Å². The highest BCUT2D eigenvalue weighted by Crippen LogP contribution is 2.66. The Labute approximate surface area is 212 Å². The minimum absolute atomic E-state index is 0.0130. The number of benzene rings is 1. The number of hydrogen-bond donors (Lipinski definition) is 0. The molecule has 35 heavy (non-hydrogen) atoms. The topological polar surface area (TPSA) is 17.1 Å². The molecule has 1 nitrogen and oxygen atoms in total. The van der Waals surface area contributed by atoms with Crippen molar-refractivity contribution >= 4 is 69.7 Å². The van der Waals surface area contributed by atoms with Gasteiger partial charge in [-0.3, -0.25) is 4.79 Å². The molecule has 1 aliphatic carbocycles. The van der Waals surface area contributed by atoms with E-state index in [1.807, 2.05) is 24.3 Å². The summed E-state index contributed by atoms with van der Waals surface area (Å²) in [6.45, 7) is 2.78. The lowest BCUT2D eigenvalue weighted by molar-refractivity contribution is -0.254. The Morgan fingerprint density at radius 1 is 0.743 bits per heavy atom. The molecule has 3 heterocycles. The van der Waals surface area contributed by atoms with Crippen molar-refractivity contribution in [3.05, 3.63) is 71.3 Å². The summed E-state index contributed by atoms with van der Waals surface area (Å²) in [5.41, 5.74) is -3.62. The number of hydrogen-bond acceptors (Lipinski definition) is 5. The quantitative estimate of drug-likeness (QED) is 0.234. The maximum atomic E-state index is 15.1. The van der Waals surface area contributed by atoms with Crippen molar-refractivity contribution in [2.24, 2.45) is 0 Å². The van der Waals surface area contributed by atoms with Crippen LogP contribution in [0.25, 0.3) is 17.2 Å². The van der Waals surface area contributed by atoms with E-state index in [-0.39, 0.29) is 20.2 Å². The third-order valence-electron chi connectivity index (χ3n) is 5.73. The van der Waals surface area contributed by atoms with Gasteiger partial charge >= 0.3 is 17.8 Å². The summed E-state index contributed by atoms with van der Waals surface area (Å²) in [6.07, 6.45) is 2.11. The standard InChI is InChI=1S/C24H14F6OS4/c1-11-15(7-13(32-11)9-19-34-17-5-3-4-6-18(17)35-19)20-21(16-8-14(10-31)33-12(16)2)23(27,28)24(29,30)22(20,25)26/h3-10H,1-2H3. The average molecular weight is 561 g/mol. The number of aryl methyl sites for hydroxylation is 2. The highest BCUT2D eigenvalue weighted by Gasteiger charge is 2.80. The smallest absolute Gasteiger partial charge is 0.297 e. The first-order chi connectivity index (χ1) is 16.4. The SMILES string of the molecule is Cc1sc(C=O)cc1C1=C(c2cc(C=C3Sc4ccccc4S3)sc2C)C(F)(F)C(F)(F)C1(F)F. The van der Waals surface area contributed by atoms with Gasteiger partial charge in [0.1, 0.15) is 0 Å². The van der Waals surface area contributed by atoms with Crippen LogP contribution in [0.5, 0.6) is 0 Å². The lowest BCUT2D eigenvalue weighted by Crippen LogP contribution is -2.48. The Hall–Kier alpha value is -1.95. The molecule has 0 unspecified atom stereocenters. The predicted octanol–water partition coefficient (Wildman–Crippen LogP) is 9.27. The van der Waals surface area contributed by atoms with Crippen LogP contribution in [-0.4, -0.2) is 24.1 Å². The summed E-state index contributed by atoms with van der Waals surface area (Å²) in [5.74, 6) is -15.9. The first kappa shape index (κ1) is 24.7. The predicted molar refractivity (Wildman–Crippen MR) is 131 cm³/mol. The lowest BCUT2D eigenvalue weighted by Gasteiger charge is -2.25. The molecule has 0 saturated carbocycles. The van der Waals surface area contributed by atoms with Gasteiger partial charge in [-0.15, -0.1) is 22.7 Å². The van der Waals surface area contributed by atoms with Gasteiger partial charge in [-0.2, -0.15) is 26.3 Å². The molecule has 0 saturated heterocycles. The summed E-state index contributed by atoms with van der Waals surface area (Å²) >= 11 is 4.81. The number of thiophene rings is 2. The van der Waals surface area contributed by atoms with Gasteiger partial charge in [-0.05, 0) is 55.3 Å². The van der Waals surface area contributed by atoms with Gasteiger partial charge in [0.15, 0.2) is 6.29 Å². The highest BCUT2D eigenvalue weighted by molar-refractivity contribution is 8.25. The number of aldehydes is 1. The molecule has 0 bridgehead atoms. The fourth-order valence-electron chi connectivity index (χ4n) is 4.10. The van der Waals surface area contributed by atoms with E-state index in [9.17, 15) is 13.6 Å². The third kappa shape index (κ3) is 3.65. The van der Waals surface area contributed by atoms with Crippen molar-refractivity contribution in [2.75, 3.05) is 0 Å². The largest absolute Gasteiger partial charge is 0.380 e. The molecule has 0 spiro atoms. The number of carbonyl (C=O) groups excluding carboxylic acids is 1. The van der Waals surface area contributed by atoms with Crippen LogP contribution in [0.3, 0.4) is 0 Å². The molecule has 182 valence electrons. The van der Waals surface area contributed by atoms with Crippen LogP contribution in [0.4, 0.5) is 26.3 Å².